The molecule has 9 heteroatoms. The quantitative estimate of drug-likeness (QED) is 0.421. The molecule has 0 saturated heterocycles. The molecule has 0 bridgehead atoms. The van der Waals surface area contributed by atoms with Gasteiger partial charge in [0.25, 0.3) is 0 Å². The van der Waals surface area contributed by atoms with Crippen molar-refractivity contribution in [1.29, 1.82) is 0 Å². The number of hydrogen-bond acceptors (Lipinski definition) is 6. The first-order valence-electron chi connectivity index (χ1n) is 11.0. The normalized spacial score (nSPS) is 15.1. The van der Waals surface area contributed by atoms with E-state index in [0.717, 1.165) is 24.1 Å². The van der Waals surface area contributed by atoms with Crippen LogP contribution in [-0.4, -0.2) is 40.1 Å². The number of hydrogen-bond donors (Lipinski definition) is 0. The molecule has 0 saturated carbocycles. The number of benzene rings is 3. The number of rotatable bonds is 6. The highest BCUT2D eigenvalue weighted by molar-refractivity contribution is 7.90. The molecule has 1 aliphatic heterocycles. The second-order valence-electron chi connectivity index (χ2n) is 8.54. The van der Waals surface area contributed by atoms with Crippen molar-refractivity contribution in [2.45, 2.75) is 36.7 Å². The largest absolute Gasteiger partial charge is 0.285 e. The zero-order chi connectivity index (χ0) is 23.7. The van der Waals surface area contributed by atoms with E-state index in [4.69, 9.17) is 0 Å². The van der Waals surface area contributed by atoms with Crippen LogP contribution in [-0.2, 0) is 28.7 Å². The van der Waals surface area contributed by atoms with Crippen molar-refractivity contribution in [2.24, 2.45) is 0 Å². The van der Waals surface area contributed by atoms with Crippen LogP contribution in [0.5, 0.6) is 0 Å². The van der Waals surface area contributed by atoms with Crippen molar-refractivity contribution in [3.05, 3.63) is 107 Å². The summed E-state index contributed by atoms with van der Waals surface area (Å²) in [6.07, 6.45) is 0.844. The second kappa shape index (κ2) is 9.08. The predicted molar refractivity (Wildman–Crippen MR) is 125 cm³/mol. The molecular weight excluding hydrogens is 453 g/mol. The summed E-state index contributed by atoms with van der Waals surface area (Å²) in [7, 11) is -3.68. The Kier molecular flexibility index (Phi) is 5.97. The highest BCUT2D eigenvalue weighted by Crippen LogP contribution is 2.32. The predicted octanol–water partition coefficient (Wildman–Crippen LogP) is 3.70. The summed E-state index contributed by atoms with van der Waals surface area (Å²) in [5, 5.41) is 12.1. The van der Waals surface area contributed by atoms with E-state index in [1.807, 2.05) is 19.1 Å². The monoisotopic (exact) mass is 477 g/mol. The topological polar surface area (TPSA) is 81.0 Å². The third kappa shape index (κ3) is 4.49. The highest BCUT2D eigenvalue weighted by Gasteiger charge is 2.31. The van der Waals surface area contributed by atoms with Crippen molar-refractivity contribution in [3.8, 4) is 0 Å². The van der Waals surface area contributed by atoms with Gasteiger partial charge in [0, 0.05) is 13.1 Å². The lowest BCUT2D eigenvalue weighted by atomic mass is 9.96. The Hall–Kier alpha value is -3.43. The van der Waals surface area contributed by atoms with Gasteiger partial charge in [-0.05, 0) is 64.7 Å². The first-order valence-corrected chi connectivity index (χ1v) is 12.7. The summed E-state index contributed by atoms with van der Waals surface area (Å²) in [6.45, 7) is 3.28. The maximum atomic E-state index is 13.7. The molecule has 1 atom stereocenters. The second-order valence-corrected chi connectivity index (χ2v) is 10.5. The zero-order valence-electron chi connectivity index (χ0n) is 18.7. The van der Waals surface area contributed by atoms with Gasteiger partial charge in [0.05, 0.1) is 10.9 Å². The van der Waals surface area contributed by atoms with E-state index in [9.17, 15) is 12.8 Å². The SMILES string of the molecule is Cc1ccc(S(=O)(=O)Cn2nnnc2[C@@H](c2ccc(F)cc2)N2CCc3ccccc3C2)cc1. The van der Waals surface area contributed by atoms with Crippen molar-refractivity contribution in [2.75, 3.05) is 6.54 Å². The minimum atomic E-state index is -3.68. The number of nitrogens with zero attached hydrogens (tertiary/aromatic N) is 5. The lowest BCUT2D eigenvalue weighted by Gasteiger charge is -2.35. The average molecular weight is 478 g/mol. The van der Waals surface area contributed by atoms with E-state index < -0.39 is 15.9 Å². The summed E-state index contributed by atoms with van der Waals surface area (Å²) in [6, 6.07) is 20.7. The van der Waals surface area contributed by atoms with Crippen molar-refractivity contribution < 1.29 is 12.8 Å². The molecule has 1 aromatic heterocycles. The zero-order valence-corrected chi connectivity index (χ0v) is 19.5. The highest BCUT2D eigenvalue weighted by atomic mass is 32.2. The fraction of sp³-hybridized carbons (Fsp3) is 0.240. The van der Waals surface area contributed by atoms with Crippen LogP contribution < -0.4 is 0 Å². The van der Waals surface area contributed by atoms with Gasteiger partial charge in [-0.3, -0.25) is 4.90 Å². The Balaban J connectivity index is 1.53. The molecule has 4 aromatic rings. The van der Waals surface area contributed by atoms with Gasteiger partial charge in [0.2, 0.25) is 0 Å². The van der Waals surface area contributed by atoms with E-state index in [1.165, 1.54) is 27.9 Å². The van der Waals surface area contributed by atoms with Crippen LogP contribution in [0.15, 0.2) is 77.7 Å². The molecule has 0 amide bonds. The third-order valence-corrected chi connectivity index (χ3v) is 7.76. The molecule has 34 heavy (non-hydrogen) atoms. The van der Waals surface area contributed by atoms with Gasteiger partial charge >= 0.3 is 0 Å². The minimum Gasteiger partial charge on any atom is -0.285 e. The Morgan fingerprint density at radius 3 is 2.41 bits per heavy atom. The van der Waals surface area contributed by atoms with Crippen LogP contribution in [0.1, 0.15) is 34.1 Å². The molecule has 0 radical (unpaired) electrons. The van der Waals surface area contributed by atoms with E-state index in [-0.39, 0.29) is 16.6 Å². The van der Waals surface area contributed by atoms with Gasteiger partial charge in [0.1, 0.15) is 5.82 Å². The maximum Gasteiger partial charge on any atom is 0.198 e. The van der Waals surface area contributed by atoms with E-state index in [1.54, 1.807) is 36.4 Å². The van der Waals surface area contributed by atoms with E-state index in [0.29, 0.717) is 12.4 Å². The molecule has 174 valence electrons. The molecular formula is C25H24FN5O2S. The van der Waals surface area contributed by atoms with E-state index in [2.05, 4.69) is 32.6 Å². The molecule has 5 rings (SSSR count). The van der Waals surface area contributed by atoms with Gasteiger partial charge in [-0.15, -0.1) is 5.10 Å². The molecule has 1 aliphatic rings. The Morgan fingerprint density at radius 2 is 1.68 bits per heavy atom. The summed E-state index contributed by atoms with van der Waals surface area (Å²) in [4.78, 5) is 2.42. The van der Waals surface area contributed by atoms with Gasteiger partial charge in [-0.1, -0.05) is 54.1 Å². The number of aromatic nitrogens is 4. The molecule has 0 spiro atoms. The van der Waals surface area contributed by atoms with Crippen LogP contribution >= 0.6 is 0 Å². The molecule has 2 heterocycles. The van der Waals surface area contributed by atoms with Gasteiger partial charge < -0.3 is 0 Å². The summed E-state index contributed by atoms with van der Waals surface area (Å²) >= 11 is 0. The van der Waals surface area contributed by atoms with Crippen molar-refractivity contribution >= 4 is 9.84 Å². The first kappa shape index (κ1) is 22.4. The number of halogens is 1. The number of tetrazole rings is 1. The fourth-order valence-electron chi connectivity index (χ4n) is 4.39. The van der Waals surface area contributed by atoms with Crippen LogP contribution in [0.2, 0.25) is 0 Å². The average Bonchev–Trinajstić information content (AvgIpc) is 3.27. The molecule has 3 aromatic carbocycles. The van der Waals surface area contributed by atoms with Crippen LogP contribution in [0.25, 0.3) is 0 Å². The number of aryl methyl sites for hydroxylation is 1. The van der Waals surface area contributed by atoms with Crippen LogP contribution in [0.3, 0.4) is 0 Å². The minimum absolute atomic E-state index is 0.213. The Morgan fingerprint density at radius 1 is 0.971 bits per heavy atom. The van der Waals surface area contributed by atoms with Crippen molar-refractivity contribution in [3.63, 3.8) is 0 Å². The lowest BCUT2D eigenvalue weighted by Crippen LogP contribution is -2.36. The Bertz CT molecular complexity index is 1400. The number of sulfone groups is 1. The summed E-state index contributed by atoms with van der Waals surface area (Å²) < 4.78 is 41.3. The van der Waals surface area contributed by atoms with Gasteiger partial charge in [0.15, 0.2) is 21.5 Å². The van der Waals surface area contributed by atoms with Crippen molar-refractivity contribution in [1.82, 2.24) is 25.1 Å². The Labute approximate surface area is 197 Å². The van der Waals surface area contributed by atoms with Crippen LogP contribution in [0, 0.1) is 12.7 Å². The fourth-order valence-corrected chi connectivity index (χ4v) is 5.59. The standard InChI is InChI=1S/C25H24FN5O2S/c1-18-6-12-23(13-7-18)34(32,33)17-31-25(27-28-29-31)24(20-8-10-22(26)11-9-20)30-15-14-19-4-2-3-5-21(19)16-30/h2-13,24H,14-17H2,1H3/t24-/m1/s1. The molecule has 0 aliphatic carbocycles. The number of fused-ring (bicyclic) bond motifs is 1. The molecule has 0 unspecified atom stereocenters. The molecule has 0 fully saturated rings. The summed E-state index contributed by atoms with van der Waals surface area (Å²) in [5.74, 6) is -0.324. The third-order valence-electron chi connectivity index (χ3n) is 6.19. The summed E-state index contributed by atoms with van der Waals surface area (Å²) in [5.41, 5.74) is 4.26. The lowest BCUT2D eigenvalue weighted by molar-refractivity contribution is 0.195. The first-order chi connectivity index (χ1) is 16.4. The molecule has 0 N–H and O–H groups in total. The van der Waals surface area contributed by atoms with Gasteiger partial charge in [-0.25, -0.2) is 17.5 Å². The van der Waals surface area contributed by atoms with Gasteiger partial charge in [-0.2, -0.15) is 0 Å². The maximum absolute atomic E-state index is 13.7. The van der Waals surface area contributed by atoms with E-state index >= 15 is 0 Å². The molecule has 7 nitrogen and oxygen atoms in total. The smallest absolute Gasteiger partial charge is 0.198 e. The van der Waals surface area contributed by atoms with Crippen LogP contribution in [0.4, 0.5) is 4.39 Å².